The van der Waals surface area contributed by atoms with Gasteiger partial charge in [0.25, 0.3) is 0 Å². The van der Waals surface area contributed by atoms with Gasteiger partial charge in [0.05, 0.1) is 12.4 Å². The van der Waals surface area contributed by atoms with Crippen LogP contribution in [0.25, 0.3) is 0 Å². The summed E-state index contributed by atoms with van der Waals surface area (Å²) in [4.78, 5) is 11.4. The van der Waals surface area contributed by atoms with Gasteiger partial charge in [-0.3, -0.25) is 4.79 Å². The van der Waals surface area contributed by atoms with Crippen LogP contribution in [0.4, 0.5) is 0 Å². The largest absolute Gasteiger partial charge is 0.512 e. The zero-order chi connectivity index (χ0) is 13.0. The molecule has 0 aliphatic heterocycles. The van der Waals surface area contributed by atoms with Gasteiger partial charge in [0.1, 0.15) is 0 Å². The van der Waals surface area contributed by atoms with E-state index in [1.54, 1.807) is 0 Å². The van der Waals surface area contributed by atoms with Crippen molar-refractivity contribution in [1.29, 1.82) is 0 Å². The Balaban J connectivity index is 2.05. The van der Waals surface area contributed by atoms with Crippen molar-refractivity contribution in [3.8, 4) is 0 Å². The van der Waals surface area contributed by atoms with Gasteiger partial charge in [-0.2, -0.15) is 0 Å². The third-order valence-electron chi connectivity index (χ3n) is 3.15. The van der Waals surface area contributed by atoms with Gasteiger partial charge in [0.15, 0.2) is 5.78 Å². The van der Waals surface area contributed by atoms with Gasteiger partial charge in [0, 0.05) is 25.5 Å². The summed E-state index contributed by atoms with van der Waals surface area (Å²) in [6, 6.07) is 8.07. The van der Waals surface area contributed by atoms with Crippen LogP contribution in [0, 0.1) is 0 Å². The lowest BCUT2D eigenvalue weighted by Crippen LogP contribution is -2.12. The Morgan fingerprint density at radius 2 is 2.00 bits per heavy atom. The summed E-state index contributed by atoms with van der Waals surface area (Å²) in [5.74, 6) is 0.292. The number of aliphatic hydroxyl groups excluding tert-OH is 1. The zero-order valence-corrected chi connectivity index (χ0v) is 10.6. The van der Waals surface area contributed by atoms with Crippen LogP contribution in [0.3, 0.4) is 0 Å². The number of carbonyl (C=O) groups excluding carboxylic acids is 1. The molecule has 0 radical (unpaired) electrons. The van der Waals surface area contributed by atoms with Gasteiger partial charge in [-0.15, -0.1) is 0 Å². The second kappa shape index (κ2) is 5.83. The second-order valence-electron chi connectivity index (χ2n) is 4.59. The molecule has 0 spiro atoms. The van der Waals surface area contributed by atoms with E-state index in [4.69, 9.17) is 4.74 Å². The molecular formula is C15H18O3. The van der Waals surface area contributed by atoms with E-state index < -0.39 is 0 Å². The highest BCUT2D eigenvalue weighted by atomic mass is 16.5. The molecule has 1 atom stereocenters. The Hall–Kier alpha value is -1.61. The average molecular weight is 246 g/mol. The zero-order valence-electron chi connectivity index (χ0n) is 10.6. The molecule has 0 saturated carbocycles. The number of hydrogen-bond donors (Lipinski definition) is 1. The maximum Gasteiger partial charge on any atom is 0.159 e. The van der Waals surface area contributed by atoms with Crippen LogP contribution in [0.2, 0.25) is 0 Å². The highest BCUT2D eigenvalue weighted by Crippen LogP contribution is 2.30. The highest BCUT2D eigenvalue weighted by molar-refractivity contribution is 5.91. The minimum absolute atomic E-state index is 0.00198. The minimum atomic E-state index is 0.00198. The van der Waals surface area contributed by atoms with E-state index in [1.165, 1.54) is 6.08 Å². The van der Waals surface area contributed by atoms with E-state index in [2.05, 4.69) is 0 Å². The second-order valence-corrected chi connectivity index (χ2v) is 4.59. The van der Waals surface area contributed by atoms with Gasteiger partial charge in [0.2, 0.25) is 0 Å². The van der Waals surface area contributed by atoms with Crippen LogP contribution in [0.15, 0.2) is 36.1 Å². The predicted octanol–water partition coefficient (Wildman–Crippen LogP) is 3.11. The molecule has 18 heavy (non-hydrogen) atoms. The Labute approximate surface area is 107 Å². The summed E-state index contributed by atoms with van der Waals surface area (Å²) in [7, 11) is 0. The Bertz CT molecular complexity index is 445. The van der Waals surface area contributed by atoms with Crippen molar-refractivity contribution in [2.24, 2.45) is 0 Å². The summed E-state index contributed by atoms with van der Waals surface area (Å²) < 4.78 is 5.34. The lowest BCUT2D eigenvalue weighted by Gasteiger charge is -2.19. The molecule has 0 saturated heterocycles. The molecule has 1 aliphatic carbocycles. The SMILES string of the molecule is CCOCc1ccc(C2CC(=O)C=C(O)C2)cc1. The number of allylic oxidation sites excluding steroid dienone is 2. The fraction of sp³-hybridized carbons (Fsp3) is 0.400. The molecule has 1 aromatic rings. The van der Waals surface area contributed by atoms with Gasteiger partial charge < -0.3 is 9.84 Å². The maximum absolute atomic E-state index is 11.4. The molecule has 3 nitrogen and oxygen atoms in total. The van der Waals surface area contributed by atoms with Crippen LogP contribution < -0.4 is 0 Å². The number of hydrogen-bond acceptors (Lipinski definition) is 3. The molecule has 3 heteroatoms. The van der Waals surface area contributed by atoms with Crippen LogP contribution in [0.5, 0.6) is 0 Å². The molecule has 1 unspecified atom stereocenters. The van der Waals surface area contributed by atoms with Gasteiger partial charge in [-0.25, -0.2) is 0 Å². The third kappa shape index (κ3) is 3.20. The van der Waals surface area contributed by atoms with E-state index in [0.717, 1.165) is 11.1 Å². The van der Waals surface area contributed by atoms with E-state index in [0.29, 0.717) is 26.1 Å². The molecule has 1 aliphatic rings. The van der Waals surface area contributed by atoms with Crippen molar-refractivity contribution < 1.29 is 14.6 Å². The molecule has 1 N–H and O–H groups in total. The van der Waals surface area contributed by atoms with E-state index >= 15 is 0 Å². The van der Waals surface area contributed by atoms with Crippen LogP contribution in [-0.2, 0) is 16.1 Å². The molecule has 1 aromatic carbocycles. The molecule has 0 bridgehead atoms. The van der Waals surface area contributed by atoms with E-state index in [9.17, 15) is 9.90 Å². The van der Waals surface area contributed by atoms with Crippen molar-refractivity contribution in [3.05, 3.63) is 47.2 Å². The number of ketones is 1. The summed E-state index contributed by atoms with van der Waals surface area (Å²) in [5, 5.41) is 9.50. The molecule has 96 valence electrons. The Kier molecular flexibility index (Phi) is 4.15. The first-order valence-corrected chi connectivity index (χ1v) is 6.28. The van der Waals surface area contributed by atoms with E-state index in [-0.39, 0.29) is 17.5 Å². The first-order chi connectivity index (χ1) is 8.69. The number of ether oxygens (including phenoxy) is 1. The van der Waals surface area contributed by atoms with Crippen molar-refractivity contribution in [2.45, 2.75) is 32.3 Å². The third-order valence-corrected chi connectivity index (χ3v) is 3.15. The number of benzene rings is 1. The molecule has 0 heterocycles. The van der Waals surface area contributed by atoms with Crippen molar-refractivity contribution in [1.82, 2.24) is 0 Å². The van der Waals surface area contributed by atoms with Crippen molar-refractivity contribution in [2.75, 3.05) is 6.61 Å². The van der Waals surface area contributed by atoms with Gasteiger partial charge in [-0.1, -0.05) is 24.3 Å². The van der Waals surface area contributed by atoms with E-state index in [1.807, 2.05) is 31.2 Å². The monoisotopic (exact) mass is 246 g/mol. The van der Waals surface area contributed by atoms with Crippen molar-refractivity contribution in [3.63, 3.8) is 0 Å². The van der Waals surface area contributed by atoms with Gasteiger partial charge in [-0.05, 0) is 24.0 Å². The normalized spacial score (nSPS) is 19.7. The minimum Gasteiger partial charge on any atom is -0.512 e. The fourth-order valence-electron chi connectivity index (χ4n) is 2.21. The first-order valence-electron chi connectivity index (χ1n) is 6.28. The predicted molar refractivity (Wildman–Crippen MR) is 69.5 cm³/mol. The Morgan fingerprint density at radius 3 is 2.61 bits per heavy atom. The van der Waals surface area contributed by atoms with Gasteiger partial charge >= 0.3 is 0 Å². The van der Waals surface area contributed by atoms with Crippen LogP contribution in [-0.4, -0.2) is 17.5 Å². The van der Waals surface area contributed by atoms with Crippen LogP contribution in [0.1, 0.15) is 36.8 Å². The summed E-state index contributed by atoms with van der Waals surface area (Å²) in [6.07, 6.45) is 2.37. The molecule has 0 amide bonds. The first kappa shape index (κ1) is 12.8. The summed E-state index contributed by atoms with van der Waals surface area (Å²) >= 11 is 0. The maximum atomic E-state index is 11.4. The lowest BCUT2D eigenvalue weighted by molar-refractivity contribution is -0.115. The quantitative estimate of drug-likeness (QED) is 0.887. The molecule has 0 aromatic heterocycles. The van der Waals surface area contributed by atoms with Crippen molar-refractivity contribution >= 4 is 5.78 Å². The average Bonchev–Trinajstić information content (AvgIpc) is 2.36. The smallest absolute Gasteiger partial charge is 0.159 e. The standard InChI is InChI=1S/C15H18O3/c1-2-18-10-11-3-5-12(6-4-11)13-7-14(16)9-15(17)8-13/h3-6,9,13,16H,2,7-8,10H2,1H3. The Morgan fingerprint density at radius 1 is 1.28 bits per heavy atom. The molecule has 2 rings (SSSR count). The fourth-order valence-corrected chi connectivity index (χ4v) is 2.21. The molecular weight excluding hydrogens is 228 g/mol. The summed E-state index contributed by atoms with van der Waals surface area (Å²) in [5.41, 5.74) is 2.23. The lowest BCUT2D eigenvalue weighted by atomic mass is 9.86. The number of carbonyl (C=O) groups is 1. The number of rotatable bonds is 4. The van der Waals surface area contributed by atoms with Crippen LogP contribution >= 0.6 is 0 Å². The topological polar surface area (TPSA) is 46.5 Å². The highest BCUT2D eigenvalue weighted by Gasteiger charge is 2.21. The molecule has 0 fully saturated rings. The number of aliphatic hydroxyl groups is 1. The summed E-state index contributed by atoms with van der Waals surface area (Å²) in [6.45, 7) is 3.29.